The molecule has 0 radical (unpaired) electrons. The summed E-state index contributed by atoms with van der Waals surface area (Å²) in [5.41, 5.74) is 31.8. The topological polar surface area (TPSA) is 713 Å². The van der Waals surface area contributed by atoms with Crippen molar-refractivity contribution in [2.24, 2.45) is 64.0 Å². The number of hydrogen-bond acceptors (Lipinski definition) is 23. The SMILES string of the molecule is CC(=O)[C@H](CCC(=O)O)NC(=O)[C@H](CCC(N)=O)CC(=O)[C@H](CCC(=O)O)NC(=O)[C@H](CCC(N)=O)CC(=O)[C@H](CCC(=O)O)NC(=O)[C@H](CCC(N)=O)CC(=O)[C@@H](N)CCC(=O)O.CC[C@@H](CCC(N)=O)C(=O)N[C@@H](CCC(=O)O)C(=O)C[C@@H](CCC(N)=O)C(=O)N[C@@H](CCC(=O)O)C(C)=O. The van der Waals surface area contributed by atoms with Gasteiger partial charge in [0.1, 0.15) is 5.78 Å². The van der Waals surface area contributed by atoms with Crippen molar-refractivity contribution in [3.05, 3.63) is 0 Å². The van der Waals surface area contributed by atoms with Gasteiger partial charge in [-0.1, -0.05) is 6.92 Å². The molecular formula is C63H97N11O28. The molecule has 0 spiro atoms. The monoisotopic (exact) mass is 1460 g/mol. The number of carbonyl (C=O) groups excluding carboxylic acids is 16. The highest BCUT2D eigenvalue weighted by Gasteiger charge is 2.37. The maximum Gasteiger partial charge on any atom is 0.303 e. The summed E-state index contributed by atoms with van der Waals surface area (Å²) in [6.07, 6.45) is -11.0. The molecule has 102 heavy (non-hydrogen) atoms. The molecule has 572 valence electrons. The fourth-order valence-corrected chi connectivity index (χ4v) is 9.88. The number of primary amides is 5. The van der Waals surface area contributed by atoms with Gasteiger partial charge in [-0.3, -0.25) is 105 Å². The van der Waals surface area contributed by atoms with Gasteiger partial charge in [0.25, 0.3) is 0 Å². The Bertz CT molecular complexity index is 3050. The Morgan fingerprint density at radius 3 is 0.657 bits per heavy atom. The van der Waals surface area contributed by atoms with E-state index in [0.29, 0.717) is 6.42 Å². The Morgan fingerprint density at radius 1 is 0.265 bits per heavy atom. The first-order chi connectivity index (χ1) is 47.4. The van der Waals surface area contributed by atoms with E-state index in [1.54, 1.807) is 6.92 Å². The number of nitrogens with two attached hydrogens (primary N) is 6. The molecule has 0 rings (SSSR count). The molecule has 0 heterocycles. The highest BCUT2D eigenvalue weighted by molar-refractivity contribution is 5.99. The summed E-state index contributed by atoms with van der Waals surface area (Å²) in [6, 6.07) is -8.41. The molecule has 0 saturated carbocycles. The first-order valence-electron chi connectivity index (χ1n) is 32.5. The third-order valence-corrected chi connectivity index (χ3v) is 15.9. The maximum atomic E-state index is 13.8. The minimum atomic E-state index is -1.69. The molecule has 0 aromatic heterocycles. The van der Waals surface area contributed by atoms with E-state index in [2.05, 4.69) is 26.6 Å². The van der Waals surface area contributed by atoms with E-state index in [0.717, 1.165) is 13.8 Å². The van der Waals surface area contributed by atoms with Crippen LogP contribution in [0.25, 0.3) is 0 Å². The molecule has 10 amide bonds. The van der Waals surface area contributed by atoms with Gasteiger partial charge in [-0.15, -0.1) is 0 Å². The van der Waals surface area contributed by atoms with E-state index in [1.165, 1.54) is 0 Å². The van der Waals surface area contributed by atoms with Gasteiger partial charge in [0.05, 0.1) is 36.3 Å². The van der Waals surface area contributed by atoms with Gasteiger partial charge in [-0.05, 0) is 90.9 Å². The molecule has 39 nitrogen and oxygen atoms in total. The van der Waals surface area contributed by atoms with Crippen LogP contribution in [0.2, 0.25) is 0 Å². The molecule has 0 fully saturated rings. The molecule has 23 N–H and O–H groups in total. The van der Waals surface area contributed by atoms with Crippen molar-refractivity contribution in [1.82, 2.24) is 26.6 Å². The number of ketones is 6. The van der Waals surface area contributed by atoms with E-state index in [9.17, 15) is 116 Å². The molecule has 0 aromatic rings. The van der Waals surface area contributed by atoms with Crippen molar-refractivity contribution < 1.29 is 136 Å². The summed E-state index contributed by atoms with van der Waals surface area (Å²) >= 11 is 0. The van der Waals surface area contributed by atoms with Crippen LogP contribution in [-0.2, 0) is 105 Å². The van der Waals surface area contributed by atoms with Crippen LogP contribution in [0.1, 0.15) is 194 Å². The van der Waals surface area contributed by atoms with E-state index >= 15 is 0 Å². The standard InChI is InChI=1S/C39H59N7O18.C24H38N4O10/c1-19(47)24(6-13-34(56)57)44-37(62)21(3-10-31(42)52)17-28(49)26(8-15-36(60)61)46-39(64)22(4-11-32(43)53)18-29(50)25(7-14-35(58)59)45-38(63)20(2-9-30(41)51)16-27(48)23(40)5-12-33(54)55;1-3-14(4-8-19(25)31)23(37)28-17(7-11-22(35)36)18(30)12-15(5-9-20(26)32)24(38)27-16(13(2)29)6-10-21(33)34/h20-26H,2-18,40H2,1H3,(H2,41,51)(H2,42,52)(H2,43,53)(H,44,62)(H,45,63)(H,46,64)(H,54,55)(H,56,57)(H,58,59)(H,60,61);14-17H,3-12H2,1-2H3,(H2,25,31)(H2,26,32)(H,27,38)(H,28,37)(H,33,34)(H,35,36)/t20-,21-,22-,23+,24+,25+,26+;14-,15+,16-,17-/m10/s1. The Kier molecular flexibility index (Phi) is 45.8. The third-order valence-electron chi connectivity index (χ3n) is 15.9. The van der Waals surface area contributed by atoms with Crippen LogP contribution in [0.5, 0.6) is 0 Å². The van der Waals surface area contributed by atoms with Crippen molar-refractivity contribution in [2.75, 3.05) is 0 Å². The summed E-state index contributed by atoms with van der Waals surface area (Å²) in [5.74, 6) is -27.0. The molecule has 0 bridgehead atoms. The quantitative estimate of drug-likeness (QED) is 0.0284. The van der Waals surface area contributed by atoms with E-state index in [1.807, 2.05) is 0 Å². The highest BCUT2D eigenvalue weighted by Crippen LogP contribution is 2.23. The zero-order valence-electron chi connectivity index (χ0n) is 57.1. The average molecular weight is 1460 g/mol. The molecule has 0 aliphatic rings. The Morgan fingerprint density at radius 2 is 0.451 bits per heavy atom. The predicted molar refractivity (Wildman–Crippen MR) is 349 cm³/mol. The predicted octanol–water partition coefficient (Wildman–Crippen LogP) is -3.25. The van der Waals surface area contributed by atoms with Crippen LogP contribution < -0.4 is 61.0 Å². The van der Waals surface area contributed by atoms with Crippen LogP contribution in [-0.4, -0.2) is 196 Å². The van der Waals surface area contributed by atoms with Crippen molar-refractivity contribution in [1.29, 1.82) is 0 Å². The minimum Gasteiger partial charge on any atom is -0.481 e. The number of carbonyl (C=O) groups is 22. The fraction of sp³-hybridized carbons (Fsp3) is 0.651. The first-order valence-corrected chi connectivity index (χ1v) is 32.5. The normalized spacial score (nSPS) is 14.0. The molecule has 0 saturated heterocycles. The second-order valence-electron chi connectivity index (χ2n) is 24.3. The minimum absolute atomic E-state index is 0.0613. The largest absolute Gasteiger partial charge is 0.481 e. The summed E-state index contributed by atoms with van der Waals surface area (Å²) < 4.78 is 0. The summed E-state index contributed by atoms with van der Waals surface area (Å²) in [4.78, 5) is 268. The van der Waals surface area contributed by atoms with Crippen LogP contribution in [0.3, 0.4) is 0 Å². The van der Waals surface area contributed by atoms with E-state index in [4.69, 9.17) is 54.8 Å². The summed E-state index contributed by atoms with van der Waals surface area (Å²) in [6.45, 7) is 3.93. The van der Waals surface area contributed by atoms with Gasteiger partial charge in [-0.2, -0.15) is 0 Å². The summed E-state index contributed by atoms with van der Waals surface area (Å²) in [5, 5.41) is 66.6. The Labute approximate surface area is 584 Å². The number of carboxylic acid groups (broad SMARTS) is 6. The zero-order chi connectivity index (χ0) is 78.7. The van der Waals surface area contributed by atoms with Gasteiger partial charge in [0, 0.05) is 126 Å². The second-order valence-corrected chi connectivity index (χ2v) is 24.3. The number of Topliss-reactive ketones (excluding diaryl/α,β-unsaturated/α-hetero) is 6. The molecule has 0 aliphatic heterocycles. The maximum absolute atomic E-state index is 13.8. The smallest absolute Gasteiger partial charge is 0.303 e. The first kappa shape index (κ1) is 93.6. The van der Waals surface area contributed by atoms with Crippen LogP contribution in [0.4, 0.5) is 0 Å². The number of rotatable bonds is 58. The van der Waals surface area contributed by atoms with E-state index < -0.39 is 298 Å². The number of hydrogen-bond donors (Lipinski definition) is 17. The van der Waals surface area contributed by atoms with Gasteiger partial charge >= 0.3 is 35.8 Å². The average Bonchev–Trinajstić information content (AvgIpc) is 0.865. The Balaban J connectivity index is 0. The van der Waals surface area contributed by atoms with Crippen LogP contribution in [0, 0.1) is 29.6 Å². The molecule has 0 unspecified atom stereocenters. The lowest BCUT2D eigenvalue weighted by Gasteiger charge is -2.26. The van der Waals surface area contributed by atoms with Gasteiger partial charge in [-0.25, -0.2) is 0 Å². The van der Waals surface area contributed by atoms with Crippen molar-refractivity contribution in [2.45, 2.75) is 230 Å². The lowest BCUT2D eigenvalue weighted by Crippen LogP contribution is -2.48. The van der Waals surface area contributed by atoms with Crippen LogP contribution in [0.15, 0.2) is 0 Å². The highest BCUT2D eigenvalue weighted by atomic mass is 16.4. The van der Waals surface area contributed by atoms with Crippen LogP contribution >= 0.6 is 0 Å². The van der Waals surface area contributed by atoms with Gasteiger partial charge < -0.3 is 91.6 Å². The third kappa shape index (κ3) is 43.8. The number of nitrogens with one attached hydrogen (secondary N) is 5. The van der Waals surface area contributed by atoms with Gasteiger partial charge in [0.15, 0.2) is 28.9 Å². The number of carboxylic acids is 6. The van der Waals surface area contributed by atoms with Crippen molar-refractivity contribution in [3.8, 4) is 0 Å². The molecular weight excluding hydrogens is 1360 g/mol. The number of aliphatic carboxylic acids is 6. The molecule has 0 aliphatic carbocycles. The summed E-state index contributed by atoms with van der Waals surface area (Å²) in [7, 11) is 0. The van der Waals surface area contributed by atoms with Gasteiger partial charge in [0.2, 0.25) is 59.1 Å². The van der Waals surface area contributed by atoms with Crippen molar-refractivity contribution >= 4 is 130 Å². The molecule has 0 aromatic carbocycles. The lowest BCUT2D eigenvalue weighted by molar-refractivity contribution is -0.139. The molecule has 39 heteroatoms. The fourth-order valence-electron chi connectivity index (χ4n) is 9.88. The lowest BCUT2D eigenvalue weighted by atomic mass is 9.88. The second kappa shape index (κ2) is 49.9. The number of amides is 10. The van der Waals surface area contributed by atoms with E-state index in [-0.39, 0.29) is 64.2 Å². The van der Waals surface area contributed by atoms with Crippen molar-refractivity contribution in [3.63, 3.8) is 0 Å². The zero-order valence-corrected chi connectivity index (χ0v) is 57.1. The Hall–Kier alpha value is -10.5. The molecule has 11 atom stereocenters.